The Balaban J connectivity index is 1.78. The van der Waals surface area contributed by atoms with E-state index in [4.69, 9.17) is 4.74 Å². The highest BCUT2D eigenvalue weighted by molar-refractivity contribution is 6.23. The summed E-state index contributed by atoms with van der Waals surface area (Å²) in [6, 6.07) is 13.8. The van der Waals surface area contributed by atoms with Gasteiger partial charge in [0.25, 0.3) is 0 Å². The number of ether oxygens (including phenoxy) is 1. The van der Waals surface area contributed by atoms with Gasteiger partial charge in [-0.25, -0.2) is 4.79 Å². The Morgan fingerprint density at radius 1 is 1.08 bits per heavy atom. The lowest BCUT2D eigenvalue weighted by molar-refractivity contribution is 0.103. The number of urea groups is 1. The number of hydrogen-bond acceptors (Lipinski definition) is 3. The maximum atomic E-state index is 12.9. The van der Waals surface area contributed by atoms with Gasteiger partial charge >= 0.3 is 6.03 Å². The van der Waals surface area contributed by atoms with Crippen molar-refractivity contribution in [2.75, 3.05) is 6.61 Å². The smallest absolute Gasteiger partial charge is 0.320 e. The molecule has 1 aliphatic heterocycles. The van der Waals surface area contributed by atoms with Gasteiger partial charge in [0.1, 0.15) is 12.4 Å². The van der Waals surface area contributed by atoms with Crippen molar-refractivity contribution < 1.29 is 14.3 Å². The van der Waals surface area contributed by atoms with Crippen LogP contribution in [0.3, 0.4) is 0 Å². The first-order valence-corrected chi connectivity index (χ1v) is 7.98. The molecule has 2 aliphatic rings. The fourth-order valence-corrected chi connectivity index (χ4v) is 3.25. The summed E-state index contributed by atoms with van der Waals surface area (Å²) >= 11 is 0. The van der Waals surface area contributed by atoms with Gasteiger partial charge in [-0.05, 0) is 17.7 Å². The molecule has 1 aliphatic carbocycles. The molecule has 5 heteroatoms. The van der Waals surface area contributed by atoms with Crippen LogP contribution in [0.25, 0.3) is 5.70 Å². The highest BCUT2D eigenvalue weighted by Crippen LogP contribution is 2.40. The van der Waals surface area contributed by atoms with Gasteiger partial charge in [-0.1, -0.05) is 49.1 Å². The van der Waals surface area contributed by atoms with E-state index in [-0.39, 0.29) is 11.8 Å². The molecular formula is C20H16N2O3. The molecule has 0 saturated carbocycles. The number of carbonyl (C=O) groups is 2. The van der Waals surface area contributed by atoms with E-state index in [9.17, 15) is 9.59 Å². The lowest BCUT2D eigenvalue weighted by Gasteiger charge is -2.26. The molecule has 4 rings (SSSR count). The number of benzene rings is 2. The van der Waals surface area contributed by atoms with E-state index >= 15 is 0 Å². The van der Waals surface area contributed by atoms with Gasteiger partial charge in [0.15, 0.2) is 5.78 Å². The summed E-state index contributed by atoms with van der Waals surface area (Å²) in [5, 5.41) is 5.63. The third-order valence-electron chi connectivity index (χ3n) is 4.32. The third-order valence-corrected chi connectivity index (χ3v) is 4.32. The maximum absolute atomic E-state index is 12.9. The van der Waals surface area contributed by atoms with E-state index in [2.05, 4.69) is 17.2 Å². The van der Waals surface area contributed by atoms with Gasteiger partial charge in [0.2, 0.25) is 0 Å². The quantitative estimate of drug-likeness (QED) is 0.845. The highest BCUT2D eigenvalue weighted by atomic mass is 16.5. The van der Waals surface area contributed by atoms with E-state index in [1.807, 2.05) is 42.5 Å². The van der Waals surface area contributed by atoms with Crippen LogP contribution in [0.15, 0.2) is 66.8 Å². The van der Waals surface area contributed by atoms with Crippen molar-refractivity contribution >= 4 is 17.5 Å². The number of amides is 2. The minimum absolute atomic E-state index is 0.0690. The normalized spacial score (nSPS) is 18.2. The van der Waals surface area contributed by atoms with E-state index in [0.717, 1.165) is 11.1 Å². The number of fused-ring (bicyclic) bond motifs is 2. The average Bonchev–Trinajstić information content (AvgIpc) is 2.92. The van der Waals surface area contributed by atoms with Crippen molar-refractivity contribution in [3.05, 3.63) is 83.4 Å². The van der Waals surface area contributed by atoms with Gasteiger partial charge in [-0.3, -0.25) is 4.79 Å². The molecule has 5 nitrogen and oxygen atoms in total. The monoisotopic (exact) mass is 332 g/mol. The summed E-state index contributed by atoms with van der Waals surface area (Å²) in [4.78, 5) is 25.0. The number of rotatable bonds is 4. The van der Waals surface area contributed by atoms with Crippen LogP contribution in [0, 0.1) is 0 Å². The topological polar surface area (TPSA) is 67.4 Å². The zero-order chi connectivity index (χ0) is 17.4. The van der Waals surface area contributed by atoms with Gasteiger partial charge in [0.05, 0.1) is 17.3 Å². The zero-order valence-corrected chi connectivity index (χ0v) is 13.4. The number of hydrogen-bond donors (Lipinski definition) is 2. The second-order valence-corrected chi connectivity index (χ2v) is 5.87. The standard InChI is InChI=1S/C20H16N2O3/c1-2-10-25-13-7-5-6-12(11-13)17-16-18(22-20(24)21-17)14-8-3-4-9-15(14)19(16)23/h2-9,11,17H,1,10H2,(H2,21,22,24)/t17-/m1/s1. The van der Waals surface area contributed by atoms with Crippen LogP contribution in [-0.2, 0) is 0 Å². The first kappa shape index (κ1) is 15.2. The Labute approximate surface area is 145 Å². The molecule has 0 saturated heterocycles. The van der Waals surface area contributed by atoms with Crippen molar-refractivity contribution in [1.29, 1.82) is 0 Å². The van der Waals surface area contributed by atoms with Gasteiger partial charge in [0, 0.05) is 11.1 Å². The van der Waals surface area contributed by atoms with Crippen LogP contribution >= 0.6 is 0 Å². The second kappa shape index (κ2) is 5.94. The Morgan fingerprint density at radius 2 is 1.88 bits per heavy atom. The summed E-state index contributed by atoms with van der Waals surface area (Å²) in [5.41, 5.74) is 3.32. The summed E-state index contributed by atoms with van der Waals surface area (Å²) in [5.74, 6) is 0.593. The number of carbonyl (C=O) groups excluding carboxylic acids is 2. The molecule has 2 N–H and O–H groups in total. The Kier molecular flexibility index (Phi) is 3.61. The SMILES string of the molecule is C=CCOc1cccc([C@H]2NC(=O)NC3=C2C(=O)c2ccccc23)c1. The summed E-state index contributed by atoms with van der Waals surface area (Å²) in [7, 11) is 0. The van der Waals surface area contributed by atoms with Crippen molar-refractivity contribution in [3.8, 4) is 5.75 Å². The van der Waals surface area contributed by atoms with Crippen molar-refractivity contribution in [3.63, 3.8) is 0 Å². The fourth-order valence-electron chi connectivity index (χ4n) is 3.25. The van der Waals surface area contributed by atoms with Crippen LogP contribution in [0.5, 0.6) is 5.75 Å². The van der Waals surface area contributed by atoms with E-state index in [1.54, 1.807) is 12.1 Å². The molecule has 25 heavy (non-hydrogen) atoms. The molecule has 2 aromatic rings. The van der Waals surface area contributed by atoms with E-state index < -0.39 is 6.04 Å². The Hall–Kier alpha value is -3.34. The fraction of sp³-hybridized carbons (Fsp3) is 0.100. The van der Waals surface area contributed by atoms with Crippen LogP contribution in [0.1, 0.15) is 27.5 Å². The average molecular weight is 332 g/mol. The largest absolute Gasteiger partial charge is 0.490 e. The Bertz CT molecular complexity index is 930. The maximum Gasteiger partial charge on any atom is 0.320 e. The molecule has 1 heterocycles. The van der Waals surface area contributed by atoms with Crippen molar-refractivity contribution in [2.24, 2.45) is 0 Å². The van der Waals surface area contributed by atoms with Crippen LogP contribution in [0.2, 0.25) is 0 Å². The second-order valence-electron chi connectivity index (χ2n) is 5.87. The zero-order valence-electron chi connectivity index (χ0n) is 13.4. The molecule has 0 spiro atoms. The summed E-state index contributed by atoms with van der Waals surface area (Å²) in [6.07, 6.45) is 1.66. The van der Waals surface area contributed by atoms with Crippen LogP contribution in [-0.4, -0.2) is 18.4 Å². The first-order chi connectivity index (χ1) is 12.2. The van der Waals surface area contributed by atoms with Crippen LogP contribution < -0.4 is 15.4 Å². The number of ketones is 1. The van der Waals surface area contributed by atoms with Gasteiger partial charge < -0.3 is 15.4 Å². The number of Topliss-reactive ketones (excluding diaryl/α,β-unsaturated/α-hetero) is 1. The number of nitrogens with one attached hydrogen (secondary N) is 2. The lowest BCUT2D eigenvalue weighted by atomic mass is 9.94. The van der Waals surface area contributed by atoms with E-state index in [1.165, 1.54) is 0 Å². The molecule has 2 aromatic carbocycles. The minimum Gasteiger partial charge on any atom is -0.490 e. The summed E-state index contributed by atoms with van der Waals surface area (Å²) in [6.45, 7) is 4.02. The van der Waals surface area contributed by atoms with Gasteiger partial charge in [-0.15, -0.1) is 0 Å². The van der Waals surface area contributed by atoms with E-state index in [0.29, 0.717) is 29.2 Å². The molecule has 0 unspecified atom stereocenters. The van der Waals surface area contributed by atoms with Gasteiger partial charge in [-0.2, -0.15) is 0 Å². The molecule has 0 radical (unpaired) electrons. The Morgan fingerprint density at radius 3 is 2.68 bits per heavy atom. The summed E-state index contributed by atoms with van der Waals surface area (Å²) < 4.78 is 5.57. The molecule has 124 valence electrons. The van der Waals surface area contributed by atoms with Crippen LogP contribution in [0.4, 0.5) is 4.79 Å². The predicted molar refractivity (Wildman–Crippen MR) is 94.2 cm³/mol. The van der Waals surface area contributed by atoms with Crippen molar-refractivity contribution in [2.45, 2.75) is 6.04 Å². The molecule has 0 aromatic heterocycles. The minimum atomic E-state index is -0.518. The molecule has 0 fully saturated rings. The molecule has 1 atom stereocenters. The predicted octanol–water partition coefficient (Wildman–Crippen LogP) is 3.21. The molecule has 0 bridgehead atoms. The molecule has 2 amide bonds. The molecular weight excluding hydrogens is 316 g/mol. The third kappa shape index (κ3) is 2.50. The van der Waals surface area contributed by atoms with Crippen molar-refractivity contribution in [1.82, 2.24) is 10.6 Å². The first-order valence-electron chi connectivity index (χ1n) is 7.98. The lowest BCUT2D eigenvalue weighted by Crippen LogP contribution is -2.43. The highest BCUT2D eigenvalue weighted by Gasteiger charge is 2.39.